The Morgan fingerprint density at radius 3 is 2.33 bits per heavy atom. The lowest BCUT2D eigenvalue weighted by atomic mass is 10.1. The molecule has 0 radical (unpaired) electrons. The SMILES string of the molecule is CCOC(=O)/C=C(\OC(C)(C)C)c1ccccc1. The molecule has 0 N–H and O–H groups in total. The van der Waals surface area contributed by atoms with Gasteiger partial charge in [0.25, 0.3) is 0 Å². The number of ether oxygens (including phenoxy) is 2. The van der Waals surface area contributed by atoms with Crippen molar-refractivity contribution in [1.29, 1.82) is 0 Å². The highest BCUT2D eigenvalue weighted by molar-refractivity contribution is 5.89. The van der Waals surface area contributed by atoms with E-state index >= 15 is 0 Å². The smallest absolute Gasteiger partial charge is 0.334 e. The van der Waals surface area contributed by atoms with E-state index in [1.165, 1.54) is 6.08 Å². The number of carbonyl (C=O) groups excluding carboxylic acids is 1. The second kappa shape index (κ2) is 6.24. The molecule has 0 aliphatic rings. The molecule has 0 amide bonds. The van der Waals surface area contributed by atoms with E-state index in [2.05, 4.69) is 0 Å². The first-order valence-corrected chi connectivity index (χ1v) is 6.05. The van der Waals surface area contributed by atoms with Crippen LogP contribution < -0.4 is 0 Å². The van der Waals surface area contributed by atoms with Gasteiger partial charge in [0, 0.05) is 5.56 Å². The molecule has 0 fully saturated rings. The summed E-state index contributed by atoms with van der Waals surface area (Å²) in [5.74, 6) is 0.141. The summed E-state index contributed by atoms with van der Waals surface area (Å²) in [6.45, 7) is 7.95. The molecule has 98 valence electrons. The maximum atomic E-state index is 11.5. The van der Waals surface area contributed by atoms with Crippen LogP contribution in [-0.4, -0.2) is 18.2 Å². The molecular formula is C15H20O3. The molecule has 18 heavy (non-hydrogen) atoms. The molecule has 0 aromatic heterocycles. The molecule has 0 saturated carbocycles. The van der Waals surface area contributed by atoms with Crippen LogP contribution in [0.25, 0.3) is 5.76 Å². The van der Waals surface area contributed by atoms with E-state index in [-0.39, 0.29) is 11.6 Å². The number of esters is 1. The van der Waals surface area contributed by atoms with Crippen LogP contribution in [0, 0.1) is 0 Å². The van der Waals surface area contributed by atoms with E-state index in [9.17, 15) is 4.79 Å². The van der Waals surface area contributed by atoms with E-state index in [0.717, 1.165) is 5.56 Å². The first kappa shape index (κ1) is 14.3. The van der Waals surface area contributed by atoms with E-state index in [1.54, 1.807) is 6.92 Å². The van der Waals surface area contributed by atoms with Gasteiger partial charge in [0.15, 0.2) is 0 Å². The van der Waals surface area contributed by atoms with Crippen molar-refractivity contribution in [3.63, 3.8) is 0 Å². The third-order valence-electron chi connectivity index (χ3n) is 2.01. The molecule has 1 aromatic carbocycles. The molecule has 0 spiro atoms. The fourth-order valence-electron chi connectivity index (χ4n) is 1.39. The minimum atomic E-state index is -0.388. The Balaban J connectivity index is 2.99. The number of benzene rings is 1. The standard InChI is InChI=1S/C15H20O3/c1-5-17-14(16)11-13(18-15(2,3)4)12-9-7-6-8-10-12/h6-11H,5H2,1-4H3/b13-11-. The summed E-state index contributed by atoms with van der Waals surface area (Å²) in [4.78, 5) is 11.5. The predicted molar refractivity (Wildman–Crippen MR) is 71.9 cm³/mol. The topological polar surface area (TPSA) is 35.5 Å². The molecule has 3 heteroatoms. The number of carbonyl (C=O) groups is 1. The van der Waals surface area contributed by atoms with Gasteiger partial charge in [0.1, 0.15) is 11.4 Å². The largest absolute Gasteiger partial charge is 0.487 e. The zero-order valence-corrected chi connectivity index (χ0v) is 11.4. The van der Waals surface area contributed by atoms with Gasteiger partial charge in [-0.05, 0) is 27.7 Å². The number of hydrogen-bond acceptors (Lipinski definition) is 3. The van der Waals surface area contributed by atoms with E-state index in [1.807, 2.05) is 51.1 Å². The van der Waals surface area contributed by atoms with Gasteiger partial charge in [-0.2, -0.15) is 0 Å². The monoisotopic (exact) mass is 248 g/mol. The Hall–Kier alpha value is -1.77. The molecule has 0 bridgehead atoms. The number of hydrogen-bond donors (Lipinski definition) is 0. The third kappa shape index (κ3) is 5.04. The Morgan fingerprint density at radius 2 is 1.83 bits per heavy atom. The summed E-state index contributed by atoms with van der Waals surface area (Å²) < 4.78 is 10.7. The summed E-state index contributed by atoms with van der Waals surface area (Å²) >= 11 is 0. The summed E-state index contributed by atoms with van der Waals surface area (Å²) in [6.07, 6.45) is 1.39. The second-order valence-electron chi connectivity index (χ2n) is 4.84. The Bertz CT molecular complexity index is 413. The summed E-state index contributed by atoms with van der Waals surface area (Å²) in [6, 6.07) is 9.52. The van der Waals surface area contributed by atoms with Crippen LogP contribution in [0.2, 0.25) is 0 Å². The van der Waals surface area contributed by atoms with Crippen LogP contribution in [-0.2, 0) is 14.3 Å². The van der Waals surface area contributed by atoms with Gasteiger partial charge in [0.2, 0.25) is 0 Å². The third-order valence-corrected chi connectivity index (χ3v) is 2.01. The van der Waals surface area contributed by atoms with Gasteiger partial charge in [-0.25, -0.2) is 4.79 Å². The van der Waals surface area contributed by atoms with Gasteiger partial charge in [0.05, 0.1) is 12.7 Å². The quantitative estimate of drug-likeness (QED) is 0.465. The van der Waals surface area contributed by atoms with Crippen molar-refractivity contribution in [2.24, 2.45) is 0 Å². The van der Waals surface area contributed by atoms with Gasteiger partial charge >= 0.3 is 5.97 Å². The van der Waals surface area contributed by atoms with Crippen molar-refractivity contribution >= 4 is 11.7 Å². The van der Waals surface area contributed by atoms with E-state index in [0.29, 0.717) is 12.4 Å². The average molecular weight is 248 g/mol. The van der Waals surface area contributed by atoms with Crippen molar-refractivity contribution in [3.8, 4) is 0 Å². The molecule has 0 aliphatic carbocycles. The van der Waals surface area contributed by atoms with Gasteiger partial charge < -0.3 is 9.47 Å². The highest BCUT2D eigenvalue weighted by atomic mass is 16.5. The molecular weight excluding hydrogens is 228 g/mol. The van der Waals surface area contributed by atoms with Crippen LogP contribution >= 0.6 is 0 Å². The van der Waals surface area contributed by atoms with Crippen LogP contribution in [0.1, 0.15) is 33.3 Å². The lowest BCUT2D eigenvalue weighted by Crippen LogP contribution is -2.19. The molecule has 0 atom stereocenters. The second-order valence-corrected chi connectivity index (χ2v) is 4.84. The van der Waals surface area contributed by atoms with Crippen LogP contribution in [0.3, 0.4) is 0 Å². The van der Waals surface area contributed by atoms with Crippen molar-refractivity contribution in [3.05, 3.63) is 42.0 Å². The fraction of sp³-hybridized carbons (Fsp3) is 0.400. The van der Waals surface area contributed by atoms with Crippen molar-refractivity contribution in [2.45, 2.75) is 33.3 Å². The summed E-state index contributed by atoms with van der Waals surface area (Å²) in [5.41, 5.74) is 0.495. The molecule has 0 heterocycles. The predicted octanol–water partition coefficient (Wildman–Crippen LogP) is 3.41. The molecule has 0 unspecified atom stereocenters. The minimum Gasteiger partial charge on any atom is -0.487 e. The zero-order valence-electron chi connectivity index (χ0n) is 11.4. The lowest BCUT2D eigenvalue weighted by Gasteiger charge is -2.23. The first-order valence-electron chi connectivity index (χ1n) is 6.05. The van der Waals surface area contributed by atoms with Crippen LogP contribution in [0.15, 0.2) is 36.4 Å². The summed E-state index contributed by atoms with van der Waals surface area (Å²) in [7, 11) is 0. The van der Waals surface area contributed by atoms with Gasteiger partial charge in [-0.3, -0.25) is 0 Å². The maximum absolute atomic E-state index is 11.5. The van der Waals surface area contributed by atoms with Crippen molar-refractivity contribution in [2.75, 3.05) is 6.61 Å². The Kier molecular flexibility index (Phi) is 4.95. The Labute approximate surface area is 108 Å². The normalized spacial score (nSPS) is 12.1. The maximum Gasteiger partial charge on any atom is 0.334 e. The summed E-state index contributed by atoms with van der Waals surface area (Å²) in [5, 5.41) is 0. The number of rotatable bonds is 4. The molecule has 1 rings (SSSR count). The molecule has 0 saturated heterocycles. The fourth-order valence-corrected chi connectivity index (χ4v) is 1.39. The van der Waals surface area contributed by atoms with E-state index in [4.69, 9.17) is 9.47 Å². The van der Waals surface area contributed by atoms with Crippen molar-refractivity contribution < 1.29 is 14.3 Å². The first-order chi connectivity index (χ1) is 8.42. The zero-order chi connectivity index (χ0) is 13.6. The molecule has 3 nitrogen and oxygen atoms in total. The highest BCUT2D eigenvalue weighted by Crippen LogP contribution is 2.22. The van der Waals surface area contributed by atoms with E-state index < -0.39 is 0 Å². The molecule has 0 aliphatic heterocycles. The van der Waals surface area contributed by atoms with Crippen LogP contribution in [0.4, 0.5) is 0 Å². The van der Waals surface area contributed by atoms with Crippen LogP contribution in [0.5, 0.6) is 0 Å². The highest BCUT2D eigenvalue weighted by Gasteiger charge is 2.16. The lowest BCUT2D eigenvalue weighted by molar-refractivity contribution is -0.137. The van der Waals surface area contributed by atoms with Gasteiger partial charge in [-0.15, -0.1) is 0 Å². The molecule has 1 aromatic rings. The minimum absolute atomic E-state index is 0.354. The van der Waals surface area contributed by atoms with Crippen molar-refractivity contribution in [1.82, 2.24) is 0 Å². The Morgan fingerprint density at radius 1 is 1.22 bits per heavy atom. The van der Waals surface area contributed by atoms with Gasteiger partial charge in [-0.1, -0.05) is 30.3 Å². The average Bonchev–Trinajstić information content (AvgIpc) is 2.28.